The number of fused-ring (bicyclic) bond motifs is 1. The van der Waals surface area contributed by atoms with Crippen LogP contribution in [0, 0.1) is 0 Å². The molecule has 0 amide bonds. The molecule has 2 rings (SSSR count). The summed E-state index contributed by atoms with van der Waals surface area (Å²) in [5, 5.41) is 19.9. The molecular weight excluding hydrogens is 186 g/mol. The second-order valence-corrected chi connectivity index (χ2v) is 3.06. The number of carboxylic acid groups (broad SMARTS) is 1. The van der Waals surface area contributed by atoms with Gasteiger partial charge in [-0.05, 0) is 17.4 Å². The maximum atomic E-state index is 10.9. The van der Waals surface area contributed by atoms with Crippen LogP contribution in [0.25, 0.3) is 0 Å². The molecule has 1 aliphatic rings. The van der Waals surface area contributed by atoms with E-state index in [4.69, 9.17) is 5.11 Å². The third kappa shape index (κ3) is 1.05. The average molecular weight is 195 g/mol. The minimum Gasteiger partial charge on any atom is -0.478 e. The summed E-state index contributed by atoms with van der Waals surface area (Å²) < 4.78 is 1.45. The molecule has 1 aromatic rings. The Morgan fingerprint density at radius 3 is 2.93 bits per heavy atom. The number of carbonyl (C=O) groups is 1. The monoisotopic (exact) mass is 195 g/mol. The van der Waals surface area contributed by atoms with Gasteiger partial charge in [0.15, 0.2) is 0 Å². The fourth-order valence-corrected chi connectivity index (χ4v) is 1.38. The molecule has 0 fully saturated rings. The van der Waals surface area contributed by atoms with E-state index in [-0.39, 0.29) is 6.54 Å². The average Bonchev–Trinajstić information content (AvgIpc) is 2.58. The van der Waals surface area contributed by atoms with Crippen LogP contribution in [-0.2, 0) is 11.3 Å². The lowest BCUT2D eigenvalue weighted by atomic mass is 10.2. The van der Waals surface area contributed by atoms with Crippen molar-refractivity contribution in [3.63, 3.8) is 0 Å². The van der Waals surface area contributed by atoms with E-state index in [1.54, 1.807) is 18.9 Å². The predicted octanol–water partition coefficient (Wildman–Crippen LogP) is -0.519. The third-order valence-corrected chi connectivity index (χ3v) is 2.32. The molecule has 74 valence electrons. The molecule has 0 aromatic carbocycles. The summed E-state index contributed by atoms with van der Waals surface area (Å²) in [5.41, 5.74) is 0.979. The Kier molecular flexibility index (Phi) is 1.73. The number of allylic oxidation sites excluding steroid dienone is 1. The van der Waals surface area contributed by atoms with Gasteiger partial charge >= 0.3 is 5.97 Å². The summed E-state index contributed by atoms with van der Waals surface area (Å²) in [7, 11) is 1.74. The quantitative estimate of drug-likeness (QED) is 0.649. The van der Waals surface area contributed by atoms with Crippen LogP contribution in [0.5, 0.6) is 0 Å². The van der Waals surface area contributed by atoms with Crippen LogP contribution in [0.15, 0.2) is 11.3 Å². The minimum atomic E-state index is -0.935. The zero-order valence-corrected chi connectivity index (χ0v) is 7.80. The van der Waals surface area contributed by atoms with E-state index in [1.807, 2.05) is 0 Å². The second-order valence-electron chi connectivity index (χ2n) is 3.06. The van der Waals surface area contributed by atoms with Crippen molar-refractivity contribution >= 4 is 11.9 Å². The van der Waals surface area contributed by atoms with Crippen LogP contribution < -0.4 is 4.90 Å². The molecule has 0 saturated carbocycles. The first-order valence-corrected chi connectivity index (χ1v) is 4.04. The molecule has 2 heterocycles. The van der Waals surface area contributed by atoms with Crippen molar-refractivity contribution in [3.8, 4) is 0 Å². The fraction of sp³-hybridized carbons (Fsp3) is 0.429. The van der Waals surface area contributed by atoms with Crippen molar-refractivity contribution in [1.82, 2.24) is 20.2 Å². The molecule has 1 aliphatic heterocycles. The highest BCUT2D eigenvalue weighted by Crippen LogP contribution is 2.22. The lowest BCUT2D eigenvalue weighted by Crippen LogP contribution is -2.29. The minimum absolute atomic E-state index is 0.216. The molecular formula is C7H9N5O2. The van der Waals surface area contributed by atoms with Gasteiger partial charge in [-0.25, -0.2) is 9.48 Å². The Morgan fingerprint density at radius 1 is 1.57 bits per heavy atom. The summed E-state index contributed by atoms with van der Waals surface area (Å²) >= 11 is 0. The number of carboxylic acids is 1. The number of hydrogen-bond acceptors (Lipinski definition) is 5. The largest absolute Gasteiger partial charge is 0.478 e. The predicted molar refractivity (Wildman–Crippen MR) is 46.6 cm³/mol. The number of tetrazole rings is 1. The van der Waals surface area contributed by atoms with Crippen molar-refractivity contribution in [1.29, 1.82) is 0 Å². The van der Waals surface area contributed by atoms with E-state index >= 15 is 0 Å². The zero-order chi connectivity index (χ0) is 10.3. The molecule has 0 bridgehead atoms. The highest BCUT2D eigenvalue weighted by Gasteiger charge is 2.25. The summed E-state index contributed by atoms with van der Waals surface area (Å²) in [5.74, 6) is -0.372. The molecule has 0 spiro atoms. The van der Waals surface area contributed by atoms with Crippen LogP contribution in [0.2, 0.25) is 0 Å². The Hall–Kier alpha value is -1.92. The molecule has 1 aromatic heterocycles. The molecule has 7 heteroatoms. The van der Waals surface area contributed by atoms with E-state index in [9.17, 15) is 4.79 Å². The van der Waals surface area contributed by atoms with Gasteiger partial charge in [0, 0.05) is 12.7 Å². The maximum Gasteiger partial charge on any atom is 0.335 e. The Bertz CT molecular complexity index is 421. The van der Waals surface area contributed by atoms with E-state index in [0.717, 1.165) is 0 Å². The van der Waals surface area contributed by atoms with Crippen molar-refractivity contribution < 1.29 is 9.90 Å². The lowest BCUT2D eigenvalue weighted by Gasteiger charge is -2.25. The summed E-state index contributed by atoms with van der Waals surface area (Å²) in [4.78, 5) is 12.5. The lowest BCUT2D eigenvalue weighted by molar-refractivity contribution is -0.133. The molecule has 0 unspecified atom stereocenters. The van der Waals surface area contributed by atoms with Gasteiger partial charge in [0.25, 0.3) is 0 Å². The van der Waals surface area contributed by atoms with E-state index in [0.29, 0.717) is 17.2 Å². The molecule has 0 atom stereocenters. The first-order valence-electron chi connectivity index (χ1n) is 4.04. The van der Waals surface area contributed by atoms with Crippen LogP contribution in [0.3, 0.4) is 0 Å². The normalized spacial score (nSPS) is 15.7. The molecule has 0 aliphatic carbocycles. The van der Waals surface area contributed by atoms with Gasteiger partial charge in [-0.1, -0.05) is 5.10 Å². The Morgan fingerprint density at radius 2 is 2.29 bits per heavy atom. The standard InChI is InChI=1S/C7H9N5O2/c1-4-5(6(13)14)3-12-7(11(4)2)8-9-10-12/h3H2,1-2H3,(H,13,14). The van der Waals surface area contributed by atoms with Crippen molar-refractivity contribution in [3.05, 3.63) is 11.3 Å². The topological polar surface area (TPSA) is 84.1 Å². The van der Waals surface area contributed by atoms with Gasteiger partial charge in [-0.2, -0.15) is 0 Å². The number of anilines is 1. The number of aliphatic carboxylic acids is 1. The smallest absolute Gasteiger partial charge is 0.335 e. The highest BCUT2D eigenvalue weighted by molar-refractivity contribution is 5.88. The molecule has 1 N–H and O–H groups in total. The Labute approximate surface area is 79.6 Å². The summed E-state index contributed by atoms with van der Waals surface area (Å²) in [6.07, 6.45) is 0. The molecule has 14 heavy (non-hydrogen) atoms. The van der Waals surface area contributed by atoms with Gasteiger partial charge in [-0.3, -0.25) is 0 Å². The van der Waals surface area contributed by atoms with Crippen molar-refractivity contribution in [2.75, 3.05) is 11.9 Å². The van der Waals surface area contributed by atoms with Gasteiger partial charge in [0.1, 0.15) is 0 Å². The summed E-state index contributed by atoms with van der Waals surface area (Å²) in [6.45, 7) is 1.95. The van der Waals surface area contributed by atoms with E-state index in [1.165, 1.54) is 4.68 Å². The maximum absolute atomic E-state index is 10.9. The SMILES string of the molecule is CC1=C(C(=O)O)Cn2nnnc2N1C. The first kappa shape index (κ1) is 8.67. The van der Waals surface area contributed by atoms with Gasteiger partial charge in [0.2, 0.25) is 5.95 Å². The number of nitrogens with zero attached hydrogens (tertiary/aromatic N) is 5. The van der Waals surface area contributed by atoms with Gasteiger partial charge in [0.05, 0.1) is 12.1 Å². The molecule has 7 nitrogen and oxygen atoms in total. The van der Waals surface area contributed by atoms with Crippen LogP contribution in [0.4, 0.5) is 5.95 Å². The first-order chi connectivity index (χ1) is 6.61. The highest BCUT2D eigenvalue weighted by atomic mass is 16.4. The van der Waals surface area contributed by atoms with E-state index in [2.05, 4.69) is 15.5 Å². The van der Waals surface area contributed by atoms with Crippen molar-refractivity contribution in [2.45, 2.75) is 13.5 Å². The van der Waals surface area contributed by atoms with Crippen LogP contribution >= 0.6 is 0 Å². The molecule has 0 radical (unpaired) electrons. The zero-order valence-electron chi connectivity index (χ0n) is 7.80. The fourth-order valence-electron chi connectivity index (χ4n) is 1.38. The number of hydrogen-bond donors (Lipinski definition) is 1. The Balaban J connectivity index is 2.49. The van der Waals surface area contributed by atoms with Gasteiger partial charge in [-0.15, -0.1) is 0 Å². The van der Waals surface area contributed by atoms with Crippen LogP contribution in [-0.4, -0.2) is 38.3 Å². The van der Waals surface area contributed by atoms with Gasteiger partial charge < -0.3 is 10.0 Å². The third-order valence-electron chi connectivity index (χ3n) is 2.32. The second kappa shape index (κ2) is 2.79. The number of rotatable bonds is 1. The number of aromatic nitrogens is 4. The van der Waals surface area contributed by atoms with E-state index < -0.39 is 5.97 Å². The summed E-state index contributed by atoms with van der Waals surface area (Å²) in [6, 6.07) is 0. The van der Waals surface area contributed by atoms with Crippen LogP contribution in [0.1, 0.15) is 6.92 Å². The molecule has 0 saturated heterocycles. The van der Waals surface area contributed by atoms with Crippen molar-refractivity contribution in [2.24, 2.45) is 0 Å².